The van der Waals surface area contributed by atoms with E-state index >= 15 is 0 Å². The van der Waals surface area contributed by atoms with Gasteiger partial charge < -0.3 is 10.6 Å². The lowest BCUT2D eigenvalue weighted by Gasteiger charge is -2.23. The molecule has 0 amide bonds. The van der Waals surface area contributed by atoms with E-state index in [0.717, 1.165) is 23.5 Å². The van der Waals surface area contributed by atoms with Crippen molar-refractivity contribution in [2.45, 2.75) is 20.8 Å². The van der Waals surface area contributed by atoms with Gasteiger partial charge in [0.15, 0.2) is 0 Å². The SMILES string of the molecule is CCN(c1nc(C)cc(C(=N)N)n1)c1ccccc1C. The van der Waals surface area contributed by atoms with Crippen molar-refractivity contribution in [1.82, 2.24) is 9.97 Å². The maximum Gasteiger partial charge on any atom is 0.230 e. The minimum Gasteiger partial charge on any atom is -0.382 e. The lowest BCUT2D eigenvalue weighted by molar-refractivity contribution is 0.925. The van der Waals surface area contributed by atoms with Gasteiger partial charge in [-0.05, 0) is 38.5 Å². The second-order valence-electron chi connectivity index (χ2n) is 4.64. The third kappa shape index (κ3) is 2.77. The fourth-order valence-corrected chi connectivity index (χ4v) is 2.10. The number of nitrogens with two attached hydrogens (primary N) is 1. The number of para-hydroxylation sites is 1. The molecular formula is C15H19N5. The number of amidine groups is 1. The van der Waals surface area contributed by atoms with Crippen molar-refractivity contribution < 1.29 is 0 Å². The van der Waals surface area contributed by atoms with Crippen LogP contribution < -0.4 is 10.6 Å². The highest BCUT2D eigenvalue weighted by atomic mass is 15.3. The Morgan fingerprint density at radius 1 is 1.25 bits per heavy atom. The smallest absolute Gasteiger partial charge is 0.230 e. The molecule has 0 unspecified atom stereocenters. The van der Waals surface area contributed by atoms with Crippen molar-refractivity contribution in [3.8, 4) is 0 Å². The third-order valence-electron chi connectivity index (χ3n) is 3.08. The summed E-state index contributed by atoms with van der Waals surface area (Å²) >= 11 is 0. The van der Waals surface area contributed by atoms with E-state index in [1.807, 2.05) is 36.9 Å². The molecule has 0 aliphatic carbocycles. The molecule has 0 radical (unpaired) electrons. The van der Waals surface area contributed by atoms with Crippen molar-refractivity contribution in [1.29, 1.82) is 5.41 Å². The summed E-state index contributed by atoms with van der Waals surface area (Å²) in [6.45, 7) is 6.72. The zero-order valence-corrected chi connectivity index (χ0v) is 12.0. The van der Waals surface area contributed by atoms with Gasteiger partial charge in [-0.25, -0.2) is 9.97 Å². The first-order valence-electron chi connectivity index (χ1n) is 6.56. The van der Waals surface area contributed by atoms with Gasteiger partial charge in [0.2, 0.25) is 5.95 Å². The van der Waals surface area contributed by atoms with Crippen LogP contribution >= 0.6 is 0 Å². The van der Waals surface area contributed by atoms with Crippen LogP contribution in [-0.2, 0) is 0 Å². The molecule has 2 aromatic rings. The molecule has 1 heterocycles. The molecule has 20 heavy (non-hydrogen) atoms. The normalized spacial score (nSPS) is 10.3. The second kappa shape index (κ2) is 5.69. The van der Waals surface area contributed by atoms with Gasteiger partial charge in [-0.2, -0.15) is 0 Å². The third-order valence-corrected chi connectivity index (χ3v) is 3.08. The Balaban J connectivity index is 2.52. The molecule has 1 aromatic carbocycles. The van der Waals surface area contributed by atoms with Gasteiger partial charge in [0.25, 0.3) is 0 Å². The van der Waals surface area contributed by atoms with Gasteiger partial charge in [-0.15, -0.1) is 0 Å². The van der Waals surface area contributed by atoms with Gasteiger partial charge in [0, 0.05) is 17.9 Å². The monoisotopic (exact) mass is 269 g/mol. The van der Waals surface area contributed by atoms with E-state index in [0.29, 0.717) is 11.6 Å². The average Bonchev–Trinajstić information content (AvgIpc) is 2.41. The van der Waals surface area contributed by atoms with Gasteiger partial charge in [0.05, 0.1) is 0 Å². The Bertz CT molecular complexity index is 636. The van der Waals surface area contributed by atoms with Gasteiger partial charge in [-0.1, -0.05) is 18.2 Å². The predicted molar refractivity (Wildman–Crippen MR) is 81.6 cm³/mol. The fraction of sp³-hybridized carbons (Fsp3) is 0.267. The summed E-state index contributed by atoms with van der Waals surface area (Å²) in [5, 5.41) is 7.54. The Kier molecular flexibility index (Phi) is 3.98. The molecule has 0 aliphatic heterocycles. The number of anilines is 2. The first kappa shape index (κ1) is 14.0. The first-order valence-corrected chi connectivity index (χ1v) is 6.56. The van der Waals surface area contributed by atoms with Crippen LogP contribution in [0.4, 0.5) is 11.6 Å². The molecule has 0 atom stereocenters. The summed E-state index contributed by atoms with van der Waals surface area (Å²) in [4.78, 5) is 10.9. The van der Waals surface area contributed by atoms with Gasteiger partial charge in [-0.3, -0.25) is 5.41 Å². The largest absolute Gasteiger partial charge is 0.382 e. The van der Waals surface area contributed by atoms with E-state index < -0.39 is 0 Å². The van der Waals surface area contributed by atoms with E-state index in [4.69, 9.17) is 11.1 Å². The van der Waals surface area contributed by atoms with Crippen LogP contribution in [0, 0.1) is 19.3 Å². The zero-order chi connectivity index (χ0) is 14.7. The van der Waals surface area contributed by atoms with E-state index in [2.05, 4.69) is 23.0 Å². The second-order valence-corrected chi connectivity index (χ2v) is 4.64. The molecule has 5 heteroatoms. The number of nitrogens with one attached hydrogen (secondary N) is 1. The number of aryl methyl sites for hydroxylation is 2. The lowest BCUT2D eigenvalue weighted by Crippen LogP contribution is -2.22. The number of benzene rings is 1. The highest BCUT2D eigenvalue weighted by Crippen LogP contribution is 2.25. The molecule has 0 saturated carbocycles. The van der Waals surface area contributed by atoms with Crippen molar-refractivity contribution in [2.24, 2.45) is 5.73 Å². The molecule has 0 fully saturated rings. The Morgan fingerprint density at radius 3 is 2.55 bits per heavy atom. The van der Waals surface area contributed by atoms with Crippen molar-refractivity contribution in [3.05, 3.63) is 47.3 Å². The van der Waals surface area contributed by atoms with Crippen molar-refractivity contribution in [2.75, 3.05) is 11.4 Å². The van der Waals surface area contributed by atoms with Crippen LogP contribution in [0.25, 0.3) is 0 Å². The number of nitrogens with zero attached hydrogens (tertiary/aromatic N) is 3. The van der Waals surface area contributed by atoms with Crippen LogP contribution in [0.2, 0.25) is 0 Å². The zero-order valence-electron chi connectivity index (χ0n) is 12.0. The Labute approximate surface area is 119 Å². The molecular weight excluding hydrogens is 250 g/mol. The molecule has 104 valence electrons. The maximum atomic E-state index is 7.54. The fourth-order valence-electron chi connectivity index (χ4n) is 2.10. The minimum absolute atomic E-state index is 0.0439. The number of hydrogen-bond donors (Lipinski definition) is 2. The molecule has 2 rings (SSSR count). The minimum atomic E-state index is -0.0439. The molecule has 5 nitrogen and oxygen atoms in total. The topological polar surface area (TPSA) is 78.9 Å². The number of hydrogen-bond acceptors (Lipinski definition) is 4. The summed E-state index contributed by atoms with van der Waals surface area (Å²) in [6.07, 6.45) is 0. The summed E-state index contributed by atoms with van der Waals surface area (Å²) in [7, 11) is 0. The molecule has 3 N–H and O–H groups in total. The molecule has 0 aliphatic rings. The van der Waals surface area contributed by atoms with E-state index in [9.17, 15) is 0 Å². The number of nitrogen functional groups attached to an aromatic ring is 1. The van der Waals surface area contributed by atoms with Gasteiger partial charge >= 0.3 is 0 Å². The van der Waals surface area contributed by atoms with E-state index in [1.165, 1.54) is 0 Å². The first-order chi connectivity index (χ1) is 9.52. The predicted octanol–water partition coefficient (Wildman–Crippen LogP) is 2.54. The van der Waals surface area contributed by atoms with E-state index in [1.54, 1.807) is 6.07 Å². The average molecular weight is 269 g/mol. The Hall–Kier alpha value is -2.43. The summed E-state index contributed by atoms with van der Waals surface area (Å²) in [6, 6.07) is 9.81. The molecule has 0 saturated heterocycles. The molecule has 0 spiro atoms. The van der Waals surface area contributed by atoms with Crippen LogP contribution in [0.5, 0.6) is 0 Å². The standard InChI is InChI=1S/C15H19N5/c1-4-20(13-8-6-5-7-10(13)2)15-18-11(3)9-12(19-15)14(16)17/h5-9H,4H2,1-3H3,(H3,16,17). The van der Waals surface area contributed by atoms with Crippen molar-refractivity contribution >= 4 is 17.5 Å². The summed E-state index contributed by atoms with van der Waals surface area (Å²) < 4.78 is 0. The van der Waals surface area contributed by atoms with E-state index in [-0.39, 0.29) is 5.84 Å². The van der Waals surface area contributed by atoms with Crippen LogP contribution in [-0.4, -0.2) is 22.3 Å². The van der Waals surface area contributed by atoms with Crippen LogP contribution in [0.1, 0.15) is 23.9 Å². The van der Waals surface area contributed by atoms with Gasteiger partial charge in [0.1, 0.15) is 11.5 Å². The quantitative estimate of drug-likeness (QED) is 0.660. The summed E-state index contributed by atoms with van der Waals surface area (Å²) in [5.74, 6) is 0.532. The maximum absolute atomic E-state index is 7.54. The highest BCUT2D eigenvalue weighted by molar-refractivity contribution is 5.93. The molecule has 0 bridgehead atoms. The number of rotatable bonds is 4. The highest BCUT2D eigenvalue weighted by Gasteiger charge is 2.14. The number of aromatic nitrogens is 2. The van der Waals surface area contributed by atoms with Crippen molar-refractivity contribution in [3.63, 3.8) is 0 Å². The van der Waals surface area contributed by atoms with Crippen LogP contribution in [0.3, 0.4) is 0 Å². The van der Waals surface area contributed by atoms with Crippen LogP contribution in [0.15, 0.2) is 30.3 Å². The summed E-state index contributed by atoms with van der Waals surface area (Å²) in [5.41, 5.74) is 9.01. The Morgan fingerprint density at radius 2 is 1.95 bits per heavy atom. The lowest BCUT2D eigenvalue weighted by atomic mass is 10.2. The molecule has 1 aromatic heterocycles.